The SMILES string of the molecule is COc1ccc(NC(=O)CCCCCl)c(C(F)(F)F)c1. The summed E-state index contributed by atoms with van der Waals surface area (Å²) >= 11 is 5.47. The number of hydrogen-bond acceptors (Lipinski definition) is 2. The molecule has 0 unspecified atom stereocenters. The molecule has 1 aromatic carbocycles. The molecule has 0 atom stereocenters. The molecule has 1 N–H and O–H groups in total. The first-order chi connectivity index (χ1) is 9.38. The van der Waals surface area contributed by atoms with E-state index in [4.69, 9.17) is 16.3 Å². The number of halogens is 4. The molecule has 0 saturated heterocycles. The lowest BCUT2D eigenvalue weighted by Gasteiger charge is -2.15. The van der Waals surface area contributed by atoms with Crippen LogP contribution in [0.25, 0.3) is 0 Å². The Balaban J connectivity index is 2.86. The highest BCUT2D eigenvalue weighted by molar-refractivity contribution is 6.17. The van der Waals surface area contributed by atoms with Gasteiger partial charge in [0.2, 0.25) is 5.91 Å². The van der Waals surface area contributed by atoms with Crippen LogP contribution in [0.5, 0.6) is 5.75 Å². The van der Waals surface area contributed by atoms with Crippen LogP contribution in [0.15, 0.2) is 18.2 Å². The van der Waals surface area contributed by atoms with E-state index in [9.17, 15) is 18.0 Å². The summed E-state index contributed by atoms with van der Waals surface area (Å²) in [4.78, 5) is 11.6. The van der Waals surface area contributed by atoms with Gasteiger partial charge in [-0.05, 0) is 31.0 Å². The summed E-state index contributed by atoms with van der Waals surface area (Å²) in [6, 6.07) is 3.40. The van der Waals surface area contributed by atoms with Crippen molar-refractivity contribution in [1.29, 1.82) is 0 Å². The molecule has 0 fully saturated rings. The van der Waals surface area contributed by atoms with Gasteiger partial charge >= 0.3 is 6.18 Å². The van der Waals surface area contributed by atoms with Crippen molar-refractivity contribution < 1.29 is 22.7 Å². The molecule has 0 saturated carbocycles. The molecule has 0 aromatic heterocycles. The number of anilines is 1. The summed E-state index contributed by atoms with van der Waals surface area (Å²) in [5, 5.41) is 2.27. The second-order valence-electron chi connectivity index (χ2n) is 4.10. The van der Waals surface area contributed by atoms with E-state index in [0.29, 0.717) is 18.7 Å². The van der Waals surface area contributed by atoms with Crippen LogP contribution in [0.3, 0.4) is 0 Å². The number of benzene rings is 1. The maximum atomic E-state index is 12.9. The molecule has 1 rings (SSSR count). The quantitative estimate of drug-likeness (QED) is 0.635. The second-order valence-corrected chi connectivity index (χ2v) is 4.48. The topological polar surface area (TPSA) is 38.3 Å². The molecular formula is C13H15ClF3NO2. The van der Waals surface area contributed by atoms with Gasteiger partial charge in [-0.25, -0.2) is 0 Å². The number of carbonyl (C=O) groups is 1. The van der Waals surface area contributed by atoms with Crippen LogP contribution in [0.4, 0.5) is 18.9 Å². The lowest BCUT2D eigenvalue weighted by Crippen LogP contribution is -2.16. The van der Waals surface area contributed by atoms with Crippen LogP contribution in [-0.2, 0) is 11.0 Å². The highest BCUT2D eigenvalue weighted by Crippen LogP contribution is 2.37. The average Bonchev–Trinajstić information content (AvgIpc) is 2.38. The summed E-state index contributed by atoms with van der Waals surface area (Å²) in [7, 11) is 1.28. The third kappa shape index (κ3) is 4.92. The number of carbonyl (C=O) groups excluding carboxylic acids is 1. The fourth-order valence-electron chi connectivity index (χ4n) is 1.59. The number of unbranched alkanes of at least 4 members (excludes halogenated alkanes) is 1. The Kier molecular flexibility index (Phi) is 6.13. The second kappa shape index (κ2) is 7.38. The van der Waals surface area contributed by atoms with E-state index in [1.165, 1.54) is 19.2 Å². The Morgan fingerprint density at radius 1 is 1.35 bits per heavy atom. The van der Waals surface area contributed by atoms with Crippen molar-refractivity contribution in [2.75, 3.05) is 18.3 Å². The minimum Gasteiger partial charge on any atom is -0.497 e. The largest absolute Gasteiger partial charge is 0.497 e. The first-order valence-electron chi connectivity index (χ1n) is 5.99. The summed E-state index contributed by atoms with van der Waals surface area (Å²) in [5.74, 6) is 0.0344. The molecule has 0 heterocycles. The zero-order chi connectivity index (χ0) is 15.2. The highest BCUT2D eigenvalue weighted by Gasteiger charge is 2.34. The fourth-order valence-corrected chi connectivity index (χ4v) is 1.78. The van der Waals surface area contributed by atoms with Crippen LogP contribution in [0.1, 0.15) is 24.8 Å². The van der Waals surface area contributed by atoms with Gasteiger partial charge in [-0.3, -0.25) is 4.79 Å². The minimum atomic E-state index is -4.56. The number of rotatable bonds is 6. The highest BCUT2D eigenvalue weighted by atomic mass is 35.5. The first-order valence-corrected chi connectivity index (χ1v) is 6.53. The lowest BCUT2D eigenvalue weighted by atomic mass is 10.1. The molecule has 112 valence electrons. The monoisotopic (exact) mass is 309 g/mol. The van der Waals surface area contributed by atoms with Gasteiger partial charge in [0.05, 0.1) is 18.4 Å². The zero-order valence-electron chi connectivity index (χ0n) is 10.9. The minimum absolute atomic E-state index is 0.0810. The molecule has 7 heteroatoms. The van der Waals surface area contributed by atoms with Crippen LogP contribution >= 0.6 is 11.6 Å². The predicted molar refractivity (Wildman–Crippen MR) is 71.2 cm³/mol. The first kappa shape index (κ1) is 16.6. The Morgan fingerprint density at radius 2 is 2.05 bits per heavy atom. The fraction of sp³-hybridized carbons (Fsp3) is 0.462. The average molecular weight is 310 g/mol. The van der Waals surface area contributed by atoms with Gasteiger partial charge in [-0.2, -0.15) is 13.2 Å². The third-order valence-electron chi connectivity index (χ3n) is 2.59. The molecule has 1 amide bonds. The van der Waals surface area contributed by atoms with Crippen LogP contribution < -0.4 is 10.1 Å². The number of ether oxygens (including phenoxy) is 1. The van der Waals surface area contributed by atoms with Crippen molar-refractivity contribution in [3.63, 3.8) is 0 Å². The van der Waals surface area contributed by atoms with Crippen molar-refractivity contribution in [2.45, 2.75) is 25.4 Å². The number of alkyl halides is 4. The van der Waals surface area contributed by atoms with Crippen molar-refractivity contribution >= 4 is 23.2 Å². The number of nitrogens with one attached hydrogen (secondary N) is 1. The van der Waals surface area contributed by atoms with Crippen molar-refractivity contribution in [2.24, 2.45) is 0 Å². The van der Waals surface area contributed by atoms with Gasteiger partial charge in [0, 0.05) is 12.3 Å². The summed E-state index contributed by atoms with van der Waals surface area (Å²) in [6.45, 7) is 0. The molecule has 3 nitrogen and oxygen atoms in total. The molecule has 0 spiro atoms. The van der Waals surface area contributed by atoms with Crippen molar-refractivity contribution in [3.05, 3.63) is 23.8 Å². The molecular weight excluding hydrogens is 295 g/mol. The van der Waals surface area contributed by atoms with E-state index >= 15 is 0 Å². The lowest BCUT2D eigenvalue weighted by molar-refractivity contribution is -0.137. The van der Waals surface area contributed by atoms with Crippen LogP contribution in [-0.4, -0.2) is 18.9 Å². The smallest absolute Gasteiger partial charge is 0.418 e. The predicted octanol–water partition coefficient (Wildman–Crippen LogP) is 4.06. The molecule has 20 heavy (non-hydrogen) atoms. The number of amides is 1. The van der Waals surface area contributed by atoms with E-state index in [1.807, 2.05) is 0 Å². The van der Waals surface area contributed by atoms with Gasteiger partial charge < -0.3 is 10.1 Å². The van der Waals surface area contributed by atoms with Gasteiger partial charge in [0.25, 0.3) is 0 Å². The van der Waals surface area contributed by atoms with Crippen LogP contribution in [0, 0.1) is 0 Å². The maximum absolute atomic E-state index is 12.9. The van der Waals surface area contributed by atoms with Gasteiger partial charge in [-0.15, -0.1) is 11.6 Å². The van der Waals surface area contributed by atoms with E-state index < -0.39 is 17.6 Å². The molecule has 0 radical (unpaired) electrons. The normalized spacial score (nSPS) is 11.2. The number of hydrogen-bond donors (Lipinski definition) is 1. The third-order valence-corrected chi connectivity index (χ3v) is 2.86. The summed E-state index contributed by atoms with van der Waals surface area (Å²) < 4.78 is 43.5. The number of methoxy groups -OCH3 is 1. The maximum Gasteiger partial charge on any atom is 0.418 e. The molecule has 0 aliphatic carbocycles. The molecule has 1 aromatic rings. The van der Waals surface area contributed by atoms with E-state index in [1.54, 1.807) is 0 Å². The zero-order valence-corrected chi connectivity index (χ0v) is 11.6. The van der Waals surface area contributed by atoms with Gasteiger partial charge in [0.15, 0.2) is 0 Å². The Labute approximate surface area is 120 Å². The Hall–Kier alpha value is -1.43. The molecule has 0 aliphatic rings. The standard InChI is InChI=1S/C13H15ClF3NO2/c1-20-9-5-6-11(10(8-9)13(15,16)17)18-12(19)4-2-3-7-14/h5-6,8H,2-4,7H2,1H3,(H,18,19). The Bertz CT molecular complexity index is 463. The molecule has 0 aliphatic heterocycles. The van der Waals surface area contributed by atoms with Gasteiger partial charge in [-0.1, -0.05) is 0 Å². The van der Waals surface area contributed by atoms with E-state index in [0.717, 1.165) is 6.07 Å². The van der Waals surface area contributed by atoms with Crippen LogP contribution in [0.2, 0.25) is 0 Å². The molecule has 0 bridgehead atoms. The van der Waals surface area contributed by atoms with Crippen molar-refractivity contribution in [1.82, 2.24) is 0 Å². The Morgan fingerprint density at radius 3 is 2.60 bits per heavy atom. The summed E-state index contributed by atoms with van der Waals surface area (Å²) in [5.41, 5.74) is -1.20. The van der Waals surface area contributed by atoms with Gasteiger partial charge in [0.1, 0.15) is 5.75 Å². The van der Waals surface area contributed by atoms with E-state index in [2.05, 4.69) is 5.32 Å². The summed E-state index contributed by atoms with van der Waals surface area (Å²) in [6.07, 6.45) is -3.25. The van der Waals surface area contributed by atoms with Crippen molar-refractivity contribution in [3.8, 4) is 5.75 Å². The van der Waals surface area contributed by atoms with E-state index in [-0.39, 0.29) is 17.9 Å².